The SMILES string of the molecule is Cc1cc2nc(C)c(CCC(=O)OCC(=O)Nc3cccc(F)c3)c(C)n2n1. The number of nitrogens with one attached hydrogen (secondary N) is 1. The quantitative estimate of drug-likeness (QED) is 0.661. The molecule has 0 atom stereocenters. The highest BCUT2D eigenvalue weighted by atomic mass is 19.1. The van der Waals surface area contributed by atoms with Crippen molar-refractivity contribution in [1.82, 2.24) is 14.6 Å². The molecule has 0 spiro atoms. The third-order valence-corrected chi connectivity index (χ3v) is 4.34. The summed E-state index contributed by atoms with van der Waals surface area (Å²) >= 11 is 0. The smallest absolute Gasteiger partial charge is 0.306 e. The van der Waals surface area contributed by atoms with E-state index in [9.17, 15) is 14.0 Å². The van der Waals surface area contributed by atoms with Crippen molar-refractivity contribution < 1.29 is 18.7 Å². The van der Waals surface area contributed by atoms with Gasteiger partial charge in [0.2, 0.25) is 0 Å². The fourth-order valence-electron chi connectivity index (χ4n) is 3.01. The Balaban J connectivity index is 1.54. The highest BCUT2D eigenvalue weighted by Gasteiger charge is 2.14. The van der Waals surface area contributed by atoms with Crippen molar-refractivity contribution in [3.63, 3.8) is 0 Å². The number of anilines is 1. The van der Waals surface area contributed by atoms with Gasteiger partial charge in [0.15, 0.2) is 12.3 Å². The number of ether oxygens (including phenoxy) is 1. The summed E-state index contributed by atoms with van der Waals surface area (Å²) in [5.41, 5.74) is 4.63. The highest BCUT2D eigenvalue weighted by molar-refractivity contribution is 5.92. The van der Waals surface area contributed by atoms with E-state index in [0.717, 1.165) is 28.3 Å². The fraction of sp³-hybridized carbons (Fsp3) is 0.300. The van der Waals surface area contributed by atoms with E-state index in [1.807, 2.05) is 26.8 Å². The van der Waals surface area contributed by atoms with Gasteiger partial charge in [-0.25, -0.2) is 13.9 Å². The molecule has 2 aromatic heterocycles. The monoisotopic (exact) mass is 384 g/mol. The topological polar surface area (TPSA) is 85.6 Å². The van der Waals surface area contributed by atoms with Crippen LogP contribution in [0.1, 0.15) is 29.1 Å². The van der Waals surface area contributed by atoms with Crippen LogP contribution < -0.4 is 5.32 Å². The van der Waals surface area contributed by atoms with Crippen molar-refractivity contribution in [3.8, 4) is 0 Å². The number of amides is 1. The van der Waals surface area contributed by atoms with Crippen molar-refractivity contribution in [2.45, 2.75) is 33.6 Å². The maximum Gasteiger partial charge on any atom is 0.306 e. The number of carbonyl (C=O) groups excluding carboxylic acids is 2. The van der Waals surface area contributed by atoms with Gasteiger partial charge in [0.1, 0.15) is 5.82 Å². The van der Waals surface area contributed by atoms with Gasteiger partial charge in [-0.3, -0.25) is 9.59 Å². The third-order valence-electron chi connectivity index (χ3n) is 4.34. The van der Waals surface area contributed by atoms with E-state index < -0.39 is 24.3 Å². The Bertz CT molecular complexity index is 1050. The summed E-state index contributed by atoms with van der Waals surface area (Å²) < 4.78 is 19.9. The minimum absolute atomic E-state index is 0.113. The second kappa shape index (κ2) is 8.16. The molecule has 3 aromatic rings. The Morgan fingerprint density at radius 3 is 2.75 bits per heavy atom. The number of hydrogen-bond acceptors (Lipinski definition) is 5. The first-order valence-electron chi connectivity index (χ1n) is 8.87. The second-order valence-electron chi connectivity index (χ2n) is 6.54. The highest BCUT2D eigenvalue weighted by Crippen LogP contribution is 2.17. The number of esters is 1. The van der Waals surface area contributed by atoms with Gasteiger partial charge in [0.05, 0.1) is 5.69 Å². The van der Waals surface area contributed by atoms with E-state index in [-0.39, 0.29) is 6.42 Å². The van der Waals surface area contributed by atoms with Crippen LogP contribution in [-0.4, -0.2) is 33.1 Å². The van der Waals surface area contributed by atoms with Gasteiger partial charge < -0.3 is 10.1 Å². The zero-order chi connectivity index (χ0) is 20.3. The zero-order valence-electron chi connectivity index (χ0n) is 16.0. The molecule has 0 bridgehead atoms. The summed E-state index contributed by atoms with van der Waals surface area (Å²) in [6.45, 7) is 5.29. The van der Waals surface area contributed by atoms with Crippen molar-refractivity contribution in [2.24, 2.45) is 0 Å². The first kappa shape index (κ1) is 19.5. The fourth-order valence-corrected chi connectivity index (χ4v) is 3.01. The Morgan fingerprint density at radius 2 is 2.00 bits per heavy atom. The number of fused-ring (bicyclic) bond motifs is 1. The summed E-state index contributed by atoms with van der Waals surface area (Å²) in [6, 6.07) is 7.39. The largest absolute Gasteiger partial charge is 0.456 e. The Morgan fingerprint density at radius 1 is 1.21 bits per heavy atom. The van der Waals surface area contributed by atoms with E-state index in [1.165, 1.54) is 18.2 Å². The van der Waals surface area contributed by atoms with Gasteiger partial charge in [0.25, 0.3) is 5.91 Å². The molecule has 28 heavy (non-hydrogen) atoms. The van der Waals surface area contributed by atoms with Crippen molar-refractivity contribution in [3.05, 3.63) is 58.8 Å². The molecule has 0 unspecified atom stereocenters. The lowest BCUT2D eigenvalue weighted by Gasteiger charge is -2.11. The van der Waals surface area contributed by atoms with Crippen molar-refractivity contribution >= 4 is 23.2 Å². The molecule has 0 saturated heterocycles. The summed E-state index contributed by atoms with van der Waals surface area (Å²) in [4.78, 5) is 28.4. The Hall–Kier alpha value is -3.29. The molecule has 8 heteroatoms. The lowest BCUT2D eigenvalue weighted by molar-refractivity contribution is -0.147. The molecule has 0 aliphatic carbocycles. The van der Waals surface area contributed by atoms with Gasteiger partial charge in [-0.1, -0.05) is 6.07 Å². The molecule has 1 N–H and O–H groups in total. The average molecular weight is 384 g/mol. The van der Waals surface area contributed by atoms with Crippen LogP contribution in [0, 0.1) is 26.6 Å². The Labute approximate surface area is 161 Å². The molecular formula is C20H21FN4O3. The van der Waals surface area contributed by atoms with E-state index in [0.29, 0.717) is 12.1 Å². The van der Waals surface area contributed by atoms with Gasteiger partial charge in [-0.15, -0.1) is 0 Å². The lowest BCUT2D eigenvalue weighted by Crippen LogP contribution is -2.21. The number of benzene rings is 1. The van der Waals surface area contributed by atoms with Crippen molar-refractivity contribution in [2.75, 3.05) is 11.9 Å². The predicted octanol–water partition coefficient (Wildman–Crippen LogP) is 2.91. The summed E-state index contributed by atoms with van der Waals surface area (Å²) in [7, 11) is 0. The van der Waals surface area contributed by atoms with Crippen LogP contribution in [0.2, 0.25) is 0 Å². The van der Waals surface area contributed by atoms with E-state index in [1.54, 1.807) is 10.6 Å². The molecule has 0 saturated carbocycles. The molecule has 0 aliphatic heterocycles. The van der Waals surface area contributed by atoms with E-state index >= 15 is 0 Å². The first-order chi connectivity index (χ1) is 13.3. The minimum Gasteiger partial charge on any atom is -0.456 e. The number of carbonyl (C=O) groups is 2. The molecule has 7 nitrogen and oxygen atoms in total. The van der Waals surface area contributed by atoms with Crippen LogP contribution in [-0.2, 0) is 20.7 Å². The average Bonchev–Trinajstić information content (AvgIpc) is 3.00. The van der Waals surface area contributed by atoms with Crippen LogP contribution >= 0.6 is 0 Å². The third kappa shape index (κ3) is 4.51. The molecular weight excluding hydrogens is 363 g/mol. The van der Waals surface area contributed by atoms with Crippen LogP contribution in [0.25, 0.3) is 5.65 Å². The molecule has 0 aliphatic rings. The minimum atomic E-state index is -0.526. The molecule has 1 aromatic carbocycles. The second-order valence-corrected chi connectivity index (χ2v) is 6.54. The maximum atomic E-state index is 13.1. The number of aryl methyl sites for hydroxylation is 3. The normalized spacial score (nSPS) is 10.9. The predicted molar refractivity (Wildman–Crippen MR) is 102 cm³/mol. The number of hydrogen-bond donors (Lipinski definition) is 1. The van der Waals surface area contributed by atoms with Crippen LogP contribution in [0.5, 0.6) is 0 Å². The van der Waals surface area contributed by atoms with Crippen LogP contribution in [0.3, 0.4) is 0 Å². The van der Waals surface area contributed by atoms with Crippen LogP contribution in [0.15, 0.2) is 30.3 Å². The summed E-state index contributed by atoms with van der Waals surface area (Å²) in [5.74, 6) is -1.48. The van der Waals surface area contributed by atoms with Gasteiger partial charge in [0, 0.05) is 29.6 Å². The van der Waals surface area contributed by atoms with E-state index in [2.05, 4.69) is 15.4 Å². The Kier molecular flexibility index (Phi) is 5.67. The molecule has 0 fully saturated rings. The molecule has 1 amide bonds. The lowest BCUT2D eigenvalue weighted by atomic mass is 10.1. The summed E-state index contributed by atoms with van der Waals surface area (Å²) in [6.07, 6.45) is 0.548. The maximum absolute atomic E-state index is 13.1. The molecule has 3 rings (SSSR count). The summed E-state index contributed by atoms with van der Waals surface area (Å²) in [5, 5.41) is 6.88. The van der Waals surface area contributed by atoms with Crippen LogP contribution in [0.4, 0.5) is 10.1 Å². The number of nitrogens with zero attached hydrogens (tertiary/aromatic N) is 3. The number of aromatic nitrogens is 3. The van der Waals surface area contributed by atoms with Gasteiger partial charge in [-0.05, 0) is 51.0 Å². The zero-order valence-corrected chi connectivity index (χ0v) is 16.0. The van der Waals surface area contributed by atoms with E-state index in [4.69, 9.17) is 4.74 Å². The van der Waals surface area contributed by atoms with Gasteiger partial charge in [-0.2, -0.15) is 5.10 Å². The standard InChI is InChI=1S/C20H21FN4O3/c1-12-9-18-22-13(2)17(14(3)25(18)24-12)7-8-20(27)28-11-19(26)23-16-6-4-5-15(21)10-16/h4-6,9-10H,7-8,11H2,1-3H3,(H,23,26). The molecule has 146 valence electrons. The number of halogens is 1. The van der Waals surface area contributed by atoms with Crippen molar-refractivity contribution in [1.29, 1.82) is 0 Å². The molecule has 2 heterocycles. The number of rotatable bonds is 6. The first-order valence-corrected chi connectivity index (χ1v) is 8.87. The molecule has 0 radical (unpaired) electrons. The van der Waals surface area contributed by atoms with Gasteiger partial charge >= 0.3 is 5.97 Å².